The van der Waals surface area contributed by atoms with E-state index in [9.17, 15) is 9.50 Å². The maximum atomic E-state index is 13.7. The average molecular weight is 282 g/mol. The largest absolute Gasteiger partial charge is 0.491 e. The number of hydrogen-bond acceptors (Lipinski definition) is 4. The molecule has 4 nitrogen and oxygen atoms in total. The fourth-order valence-corrected chi connectivity index (χ4v) is 2.45. The quantitative estimate of drug-likeness (QED) is 0.804. The molecule has 1 unspecified atom stereocenters. The molecule has 2 rings (SSSR count). The van der Waals surface area contributed by atoms with Crippen LogP contribution in [0.5, 0.6) is 5.75 Å². The van der Waals surface area contributed by atoms with Gasteiger partial charge < -0.3 is 20.1 Å². The Labute approximate surface area is 119 Å². The second kappa shape index (κ2) is 7.45. The lowest BCUT2D eigenvalue weighted by molar-refractivity contribution is 0.135. The Morgan fingerprint density at radius 3 is 2.80 bits per heavy atom. The number of aliphatic hydroxyl groups is 1. The fourth-order valence-electron chi connectivity index (χ4n) is 2.45. The van der Waals surface area contributed by atoms with Crippen LogP contribution in [0.2, 0.25) is 0 Å². The number of nitrogens with zero attached hydrogens (tertiary/aromatic N) is 1. The minimum Gasteiger partial charge on any atom is -0.491 e. The summed E-state index contributed by atoms with van der Waals surface area (Å²) in [4.78, 5) is 2.26. The van der Waals surface area contributed by atoms with Crippen molar-refractivity contribution in [1.29, 1.82) is 0 Å². The molecule has 0 radical (unpaired) electrons. The first-order valence-electron chi connectivity index (χ1n) is 7.25. The van der Waals surface area contributed by atoms with E-state index < -0.39 is 6.10 Å². The summed E-state index contributed by atoms with van der Waals surface area (Å²) >= 11 is 0. The molecule has 0 amide bonds. The number of benzene rings is 1. The molecule has 1 aliphatic heterocycles. The predicted molar refractivity (Wildman–Crippen MR) is 77.7 cm³/mol. The van der Waals surface area contributed by atoms with Crippen molar-refractivity contribution in [3.63, 3.8) is 0 Å². The second-order valence-electron chi connectivity index (χ2n) is 5.12. The molecule has 0 bridgehead atoms. The molecule has 1 heterocycles. The van der Waals surface area contributed by atoms with Crippen LogP contribution in [0.3, 0.4) is 0 Å². The van der Waals surface area contributed by atoms with E-state index in [4.69, 9.17) is 4.74 Å². The highest BCUT2D eigenvalue weighted by Gasteiger charge is 2.15. The predicted octanol–water partition coefficient (Wildman–Crippen LogP) is 2.09. The van der Waals surface area contributed by atoms with Crippen LogP contribution in [0, 0.1) is 5.82 Å². The Balaban J connectivity index is 1.79. The molecule has 5 heteroatoms. The van der Waals surface area contributed by atoms with E-state index in [0.29, 0.717) is 25.4 Å². The van der Waals surface area contributed by atoms with Gasteiger partial charge in [-0.1, -0.05) is 0 Å². The van der Waals surface area contributed by atoms with E-state index in [1.807, 2.05) is 6.92 Å². The zero-order chi connectivity index (χ0) is 14.4. The zero-order valence-electron chi connectivity index (χ0n) is 11.9. The van der Waals surface area contributed by atoms with Crippen LogP contribution in [0.25, 0.3) is 0 Å². The molecule has 0 aliphatic carbocycles. The van der Waals surface area contributed by atoms with Crippen molar-refractivity contribution in [3.05, 3.63) is 24.0 Å². The van der Waals surface area contributed by atoms with Crippen LogP contribution in [-0.4, -0.2) is 48.9 Å². The Hall–Kier alpha value is -1.33. The number of nitrogens with one attached hydrogen (secondary N) is 1. The normalized spacial score (nSPS) is 17.1. The van der Waals surface area contributed by atoms with Crippen LogP contribution >= 0.6 is 0 Å². The Morgan fingerprint density at radius 1 is 1.40 bits per heavy atom. The standard InChI is InChI=1S/C15H23FN2O2/c1-2-20-15-6-5-12(9-14(15)16)17-10-13(19)11-18-7-3-4-8-18/h5-6,9,13,17,19H,2-4,7-8,10-11H2,1H3. The molecule has 1 fully saturated rings. The van der Waals surface area contributed by atoms with Crippen molar-refractivity contribution in [1.82, 2.24) is 4.90 Å². The van der Waals surface area contributed by atoms with Gasteiger partial charge in [-0.25, -0.2) is 4.39 Å². The molecule has 1 aromatic rings. The van der Waals surface area contributed by atoms with Gasteiger partial charge in [0.2, 0.25) is 0 Å². The number of rotatable bonds is 7. The van der Waals surface area contributed by atoms with Gasteiger partial charge in [0, 0.05) is 24.8 Å². The molecular weight excluding hydrogens is 259 g/mol. The lowest BCUT2D eigenvalue weighted by Crippen LogP contribution is -2.34. The SMILES string of the molecule is CCOc1ccc(NCC(O)CN2CCCC2)cc1F. The smallest absolute Gasteiger partial charge is 0.167 e. The number of halogens is 1. The minimum absolute atomic E-state index is 0.260. The van der Waals surface area contributed by atoms with Gasteiger partial charge in [0.15, 0.2) is 11.6 Å². The van der Waals surface area contributed by atoms with E-state index in [1.165, 1.54) is 18.9 Å². The fraction of sp³-hybridized carbons (Fsp3) is 0.600. The molecular formula is C15H23FN2O2. The molecule has 0 spiro atoms. The van der Waals surface area contributed by atoms with Gasteiger partial charge in [0.05, 0.1) is 12.7 Å². The topological polar surface area (TPSA) is 44.7 Å². The average Bonchev–Trinajstić information content (AvgIpc) is 2.92. The third kappa shape index (κ3) is 4.35. The number of likely N-dealkylation sites (tertiary alicyclic amines) is 1. The summed E-state index contributed by atoms with van der Waals surface area (Å²) in [5.41, 5.74) is 0.659. The van der Waals surface area contributed by atoms with Crippen molar-refractivity contribution in [3.8, 4) is 5.75 Å². The lowest BCUT2D eigenvalue weighted by atomic mass is 10.2. The Bertz CT molecular complexity index is 422. The van der Waals surface area contributed by atoms with E-state index in [2.05, 4.69) is 10.2 Å². The molecule has 0 saturated carbocycles. The van der Waals surface area contributed by atoms with Gasteiger partial charge in [-0.15, -0.1) is 0 Å². The van der Waals surface area contributed by atoms with Crippen molar-refractivity contribution in [2.24, 2.45) is 0 Å². The highest BCUT2D eigenvalue weighted by Crippen LogP contribution is 2.21. The first-order valence-corrected chi connectivity index (χ1v) is 7.25. The molecule has 1 aliphatic rings. The van der Waals surface area contributed by atoms with Crippen molar-refractivity contribution < 1.29 is 14.2 Å². The number of hydrogen-bond donors (Lipinski definition) is 2. The first-order chi connectivity index (χ1) is 9.69. The number of aliphatic hydroxyl groups excluding tert-OH is 1. The van der Waals surface area contributed by atoms with E-state index in [0.717, 1.165) is 13.1 Å². The van der Waals surface area contributed by atoms with Crippen molar-refractivity contribution in [2.75, 3.05) is 38.1 Å². The van der Waals surface area contributed by atoms with Crippen LogP contribution in [0.1, 0.15) is 19.8 Å². The van der Waals surface area contributed by atoms with Crippen molar-refractivity contribution in [2.45, 2.75) is 25.9 Å². The van der Waals surface area contributed by atoms with Crippen LogP contribution < -0.4 is 10.1 Å². The highest BCUT2D eigenvalue weighted by atomic mass is 19.1. The minimum atomic E-state index is -0.442. The summed E-state index contributed by atoms with van der Waals surface area (Å²) < 4.78 is 18.8. The number of β-amino-alcohol motifs (C(OH)–C–C–N with tert-alkyl or cyclic N) is 1. The number of anilines is 1. The summed E-state index contributed by atoms with van der Waals surface area (Å²) in [6.45, 7) is 5.48. The third-order valence-electron chi connectivity index (χ3n) is 3.44. The summed E-state index contributed by atoms with van der Waals surface area (Å²) in [6, 6.07) is 4.76. The molecule has 112 valence electrons. The summed E-state index contributed by atoms with van der Waals surface area (Å²) in [7, 11) is 0. The molecule has 2 N–H and O–H groups in total. The second-order valence-corrected chi connectivity index (χ2v) is 5.12. The van der Waals surface area contributed by atoms with Gasteiger partial charge in [0.25, 0.3) is 0 Å². The maximum absolute atomic E-state index is 13.7. The number of ether oxygens (including phenoxy) is 1. The van der Waals surface area contributed by atoms with E-state index >= 15 is 0 Å². The van der Waals surface area contributed by atoms with Gasteiger partial charge in [-0.3, -0.25) is 0 Å². The Kier molecular flexibility index (Phi) is 5.61. The van der Waals surface area contributed by atoms with Gasteiger partial charge in [-0.2, -0.15) is 0 Å². The summed E-state index contributed by atoms with van der Waals surface area (Å²) in [5.74, 6) is -0.124. The molecule has 1 atom stereocenters. The summed E-state index contributed by atoms with van der Waals surface area (Å²) in [5, 5.41) is 13.0. The molecule has 20 heavy (non-hydrogen) atoms. The molecule has 1 aromatic carbocycles. The molecule has 0 aromatic heterocycles. The Morgan fingerprint density at radius 2 is 2.15 bits per heavy atom. The maximum Gasteiger partial charge on any atom is 0.167 e. The van der Waals surface area contributed by atoms with Crippen LogP contribution in [0.15, 0.2) is 18.2 Å². The summed E-state index contributed by atoms with van der Waals surface area (Å²) in [6.07, 6.45) is 1.98. The lowest BCUT2D eigenvalue weighted by Gasteiger charge is -2.20. The van der Waals surface area contributed by atoms with E-state index in [1.54, 1.807) is 12.1 Å². The first kappa shape index (κ1) is 15.1. The van der Waals surface area contributed by atoms with Crippen LogP contribution in [-0.2, 0) is 0 Å². The monoisotopic (exact) mass is 282 g/mol. The van der Waals surface area contributed by atoms with Crippen molar-refractivity contribution >= 4 is 5.69 Å². The van der Waals surface area contributed by atoms with E-state index in [-0.39, 0.29) is 11.6 Å². The third-order valence-corrected chi connectivity index (χ3v) is 3.44. The van der Waals surface area contributed by atoms with Gasteiger partial charge in [-0.05, 0) is 45.0 Å². The zero-order valence-corrected chi connectivity index (χ0v) is 11.9. The van der Waals surface area contributed by atoms with Gasteiger partial charge in [0.1, 0.15) is 0 Å². The van der Waals surface area contributed by atoms with Crippen LogP contribution in [0.4, 0.5) is 10.1 Å². The highest BCUT2D eigenvalue weighted by molar-refractivity contribution is 5.47. The van der Waals surface area contributed by atoms with Gasteiger partial charge >= 0.3 is 0 Å². The molecule has 1 saturated heterocycles.